The van der Waals surface area contributed by atoms with Crippen LogP contribution in [0.3, 0.4) is 0 Å². The van der Waals surface area contributed by atoms with Crippen molar-refractivity contribution in [1.82, 2.24) is 0 Å². The first-order valence-corrected chi connectivity index (χ1v) is 8.25. The summed E-state index contributed by atoms with van der Waals surface area (Å²) in [6.07, 6.45) is 0.946. The Hall–Kier alpha value is -1.07. The van der Waals surface area contributed by atoms with Gasteiger partial charge in [0.2, 0.25) is 10.0 Å². The zero-order chi connectivity index (χ0) is 14.5. The highest BCUT2D eigenvalue weighted by Gasteiger charge is 2.20. The average molecular weight is 285 g/mol. The summed E-state index contributed by atoms with van der Waals surface area (Å²) in [5.74, 6) is 0.838. The molecule has 1 rings (SSSR count). The van der Waals surface area contributed by atoms with Crippen LogP contribution >= 0.6 is 0 Å². The standard InChI is InChI=1S/C14H23NO3S/c1-4-12-6-5-7-14(8-12)18-9-13(11(2)3)10-19(15,16)17/h5-8,11,13H,4,9-10H2,1-3H3,(H2,15,16,17). The molecule has 4 nitrogen and oxygen atoms in total. The van der Waals surface area contributed by atoms with E-state index in [2.05, 4.69) is 6.92 Å². The molecular formula is C14H23NO3S. The van der Waals surface area contributed by atoms with E-state index in [0.717, 1.165) is 12.2 Å². The van der Waals surface area contributed by atoms with Gasteiger partial charge in [0.15, 0.2) is 0 Å². The fourth-order valence-electron chi connectivity index (χ4n) is 1.79. The molecule has 0 aliphatic rings. The van der Waals surface area contributed by atoms with E-state index in [1.807, 2.05) is 38.1 Å². The van der Waals surface area contributed by atoms with Crippen LogP contribution in [0.5, 0.6) is 5.75 Å². The lowest BCUT2D eigenvalue weighted by atomic mass is 9.99. The van der Waals surface area contributed by atoms with E-state index in [4.69, 9.17) is 9.88 Å². The van der Waals surface area contributed by atoms with E-state index in [-0.39, 0.29) is 17.6 Å². The predicted molar refractivity (Wildman–Crippen MR) is 77.6 cm³/mol. The minimum atomic E-state index is -3.47. The van der Waals surface area contributed by atoms with Crippen LogP contribution in [-0.4, -0.2) is 20.8 Å². The van der Waals surface area contributed by atoms with Crippen LogP contribution in [0.15, 0.2) is 24.3 Å². The first kappa shape index (κ1) is 16.0. The zero-order valence-corrected chi connectivity index (χ0v) is 12.6. The number of rotatable bonds is 7. The van der Waals surface area contributed by atoms with Crippen LogP contribution < -0.4 is 9.88 Å². The van der Waals surface area contributed by atoms with Gasteiger partial charge in [-0.3, -0.25) is 0 Å². The SMILES string of the molecule is CCc1cccc(OCC(CS(N)(=O)=O)C(C)C)c1. The fourth-order valence-corrected chi connectivity index (χ4v) is 2.87. The number of nitrogens with two attached hydrogens (primary N) is 1. The molecule has 0 radical (unpaired) electrons. The van der Waals surface area contributed by atoms with Gasteiger partial charge in [-0.15, -0.1) is 0 Å². The van der Waals surface area contributed by atoms with Crippen LogP contribution in [0.4, 0.5) is 0 Å². The van der Waals surface area contributed by atoms with Crippen molar-refractivity contribution in [2.75, 3.05) is 12.4 Å². The van der Waals surface area contributed by atoms with E-state index < -0.39 is 10.0 Å². The van der Waals surface area contributed by atoms with Gasteiger partial charge < -0.3 is 4.74 Å². The molecule has 1 aromatic carbocycles. The highest BCUT2D eigenvalue weighted by molar-refractivity contribution is 7.89. The first-order chi connectivity index (χ1) is 8.81. The summed E-state index contributed by atoms with van der Waals surface area (Å²) in [4.78, 5) is 0. The van der Waals surface area contributed by atoms with E-state index >= 15 is 0 Å². The molecule has 5 heteroatoms. The number of primary sulfonamides is 1. The number of aryl methyl sites for hydroxylation is 1. The Kier molecular flexibility index (Phi) is 5.82. The number of sulfonamides is 1. The maximum absolute atomic E-state index is 11.2. The minimum Gasteiger partial charge on any atom is -0.493 e. The Bertz CT molecular complexity index is 497. The van der Waals surface area contributed by atoms with Gasteiger partial charge >= 0.3 is 0 Å². The van der Waals surface area contributed by atoms with Crippen molar-refractivity contribution in [2.45, 2.75) is 27.2 Å². The van der Waals surface area contributed by atoms with Crippen LogP contribution in [-0.2, 0) is 16.4 Å². The quantitative estimate of drug-likeness (QED) is 0.835. The normalized spacial score (nSPS) is 13.5. The molecule has 1 unspecified atom stereocenters. The maximum Gasteiger partial charge on any atom is 0.209 e. The molecule has 0 aliphatic carbocycles. The van der Waals surface area contributed by atoms with Gasteiger partial charge in [-0.05, 0) is 30.0 Å². The monoisotopic (exact) mass is 285 g/mol. The molecule has 108 valence electrons. The Morgan fingerprint density at radius 2 is 2.00 bits per heavy atom. The van der Waals surface area contributed by atoms with Crippen LogP contribution in [0.1, 0.15) is 26.3 Å². The van der Waals surface area contributed by atoms with Gasteiger partial charge in [0.25, 0.3) is 0 Å². The molecule has 0 saturated carbocycles. The van der Waals surface area contributed by atoms with Crippen LogP contribution in [0.2, 0.25) is 0 Å². The smallest absolute Gasteiger partial charge is 0.209 e. The number of hydrogen-bond donors (Lipinski definition) is 1. The maximum atomic E-state index is 11.2. The summed E-state index contributed by atoms with van der Waals surface area (Å²) in [5.41, 5.74) is 1.20. The summed E-state index contributed by atoms with van der Waals surface area (Å²) in [6, 6.07) is 7.84. The molecule has 0 heterocycles. The van der Waals surface area contributed by atoms with Gasteiger partial charge in [0.1, 0.15) is 5.75 Å². The van der Waals surface area contributed by atoms with Crippen LogP contribution in [0.25, 0.3) is 0 Å². The number of benzene rings is 1. The third kappa shape index (κ3) is 6.07. The zero-order valence-electron chi connectivity index (χ0n) is 11.8. The van der Waals surface area contributed by atoms with Crippen molar-refractivity contribution in [3.63, 3.8) is 0 Å². The molecule has 19 heavy (non-hydrogen) atoms. The second-order valence-electron chi connectivity index (χ2n) is 5.15. The predicted octanol–water partition coefficient (Wildman–Crippen LogP) is 2.19. The number of hydrogen-bond acceptors (Lipinski definition) is 3. The highest BCUT2D eigenvalue weighted by Crippen LogP contribution is 2.18. The Morgan fingerprint density at radius 1 is 1.32 bits per heavy atom. The lowest BCUT2D eigenvalue weighted by molar-refractivity contribution is 0.224. The first-order valence-electron chi connectivity index (χ1n) is 6.54. The fraction of sp³-hybridized carbons (Fsp3) is 0.571. The molecule has 2 N–H and O–H groups in total. The largest absolute Gasteiger partial charge is 0.493 e. The van der Waals surface area contributed by atoms with Crippen molar-refractivity contribution >= 4 is 10.0 Å². The van der Waals surface area contributed by atoms with Gasteiger partial charge in [0, 0.05) is 5.92 Å². The molecule has 0 amide bonds. The average Bonchev–Trinajstić information content (AvgIpc) is 2.33. The van der Waals surface area contributed by atoms with Gasteiger partial charge in [-0.2, -0.15) is 0 Å². The molecule has 0 saturated heterocycles. The molecule has 0 spiro atoms. The molecule has 0 aliphatic heterocycles. The summed E-state index contributed by atoms with van der Waals surface area (Å²) in [6.45, 7) is 6.39. The van der Waals surface area contributed by atoms with E-state index in [0.29, 0.717) is 6.61 Å². The lowest BCUT2D eigenvalue weighted by Crippen LogP contribution is -2.30. The summed E-state index contributed by atoms with van der Waals surface area (Å²) >= 11 is 0. The molecule has 1 atom stereocenters. The second-order valence-corrected chi connectivity index (χ2v) is 6.80. The Balaban J connectivity index is 2.65. The topological polar surface area (TPSA) is 69.4 Å². The van der Waals surface area contributed by atoms with Crippen molar-refractivity contribution in [3.05, 3.63) is 29.8 Å². The molecule has 1 aromatic rings. The molecular weight excluding hydrogens is 262 g/mol. The molecule has 0 fully saturated rings. The Labute approximate surface area is 116 Å². The minimum absolute atomic E-state index is 0.0435. The van der Waals surface area contributed by atoms with Gasteiger partial charge in [-0.1, -0.05) is 32.9 Å². The summed E-state index contributed by atoms with van der Waals surface area (Å²) in [7, 11) is -3.47. The number of ether oxygens (including phenoxy) is 1. The van der Waals surface area contributed by atoms with Crippen molar-refractivity contribution < 1.29 is 13.2 Å². The third-order valence-electron chi connectivity index (χ3n) is 3.16. The molecule has 0 bridgehead atoms. The van der Waals surface area contributed by atoms with E-state index in [1.54, 1.807) is 0 Å². The van der Waals surface area contributed by atoms with Crippen LogP contribution in [0, 0.1) is 11.8 Å². The lowest BCUT2D eigenvalue weighted by Gasteiger charge is -2.20. The third-order valence-corrected chi connectivity index (χ3v) is 4.05. The van der Waals surface area contributed by atoms with Gasteiger partial charge in [-0.25, -0.2) is 13.6 Å². The van der Waals surface area contributed by atoms with Crippen molar-refractivity contribution in [3.8, 4) is 5.75 Å². The summed E-state index contributed by atoms with van der Waals surface area (Å²) in [5, 5.41) is 5.11. The van der Waals surface area contributed by atoms with Gasteiger partial charge in [0.05, 0.1) is 12.4 Å². The van der Waals surface area contributed by atoms with E-state index in [9.17, 15) is 8.42 Å². The van der Waals surface area contributed by atoms with Crippen molar-refractivity contribution in [2.24, 2.45) is 17.0 Å². The molecule has 0 aromatic heterocycles. The second kappa shape index (κ2) is 6.91. The van der Waals surface area contributed by atoms with E-state index in [1.165, 1.54) is 5.56 Å². The van der Waals surface area contributed by atoms with Crippen molar-refractivity contribution in [1.29, 1.82) is 0 Å². The Morgan fingerprint density at radius 3 is 2.53 bits per heavy atom. The summed E-state index contributed by atoms with van der Waals surface area (Å²) < 4.78 is 28.1. The highest BCUT2D eigenvalue weighted by atomic mass is 32.2.